The molecule has 1 N–H and O–H groups in total. The fourth-order valence-corrected chi connectivity index (χ4v) is 2.56. The second-order valence-corrected chi connectivity index (χ2v) is 5.53. The molecule has 3 aromatic carbocycles. The Labute approximate surface area is 144 Å². The van der Waals surface area contributed by atoms with Crippen molar-refractivity contribution in [2.75, 3.05) is 13.2 Å². The van der Waals surface area contributed by atoms with Crippen LogP contribution < -0.4 is 9.47 Å². The van der Waals surface area contributed by atoms with Gasteiger partial charge in [0.25, 0.3) is 0 Å². The van der Waals surface area contributed by atoms with Crippen LogP contribution in [0.15, 0.2) is 65.8 Å². The fourth-order valence-electron chi connectivity index (χ4n) is 2.43. The van der Waals surface area contributed by atoms with Gasteiger partial charge < -0.3 is 14.7 Å². The van der Waals surface area contributed by atoms with E-state index < -0.39 is 0 Å². The maximum absolute atomic E-state index is 8.92. The summed E-state index contributed by atoms with van der Waals surface area (Å²) in [5.41, 5.74) is 0.738. The van der Waals surface area contributed by atoms with E-state index >= 15 is 0 Å². The van der Waals surface area contributed by atoms with E-state index in [0.717, 1.165) is 22.1 Å². The zero-order chi connectivity index (χ0) is 16.8. The second-order valence-electron chi connectivity index (χ2n) is 5.09. The predicted octanol–water partition coefficient (Wildman–Crippen LogP) is 4.76. The molecule has 0 saturated heterocycles. The highest BCUT2D eigenvalue weighted by Crippen LogP contribution is 2.26. The molecule has 0 aliphatic heterocycles. The lowest BCUT2D eigenvalue weighted by atomic mass is 10.0. The zero-order valence-corrected chi connectivity index (χ0v) is 13.6. The second kappa shape index (κ2) is 7.70. The third kappa shape index (κ3) is 3.78. The van der Waals surface area contributed by atoms with Gasteiger partial charge in [-0.25, -0.2) is 0 Å². The zero-order valence-electron chi connectivity index (χ0n) is 12.9. The third-order valence-electron chi connectivity index (χ3n) is 3.54. The highest BCUT2D eigenvalue weighted by atomic mass is 35.5. The number of hydrogen-bond acceptors (Lipinski definition) is 4. The summed E-state index contributed by atoms with van der Waals surface area (Å²) in [5, 5.41) is 14.8. The van der Waals surface area contributed by atoms with Crippen molar-refractivity contribution < 1.29 is 14.7 Å². The Balaban J connectivity index is 1.68. The van der Waals surface area contributed by atoms with E-state index in [1.165, 1.54) is 6.21 Å². The first-order valence-electron chi connectivity index (χ1n) is 7.48. The van der Waals surface area contributed by atoms with Crippen LogP contribution in [0.1, 0.15) is 5.56 Å². The molecule has 0 saturated carbocycles. The van der Waals surface area contributed by atoms with Crippen LogP contribution in [0.2, 0.25) is 5.02 Å². The molecule has 5 heteroatoms. The number of fused-ring (bicyclic) bond motifs is 1. The Morgan fingerprint density at radius 1 is 0.917 bits per heavy atom. The van der Waals surface area contributed by atoms with E-state index in [2.05, 4.69) is 5.16 Å². The minimum absolute atomic E-state index is 0.368. The lowest BCUT2D eigenvalue weighted by molar-refractivity contribution is 0.217. The van der Waals surface area contributed by atoms with Gasteiger partial charge in [-0.05, 0) is 41.1 Å². The van der Waals surface area contributed by atoms with Crippen molar-refractivity contribution in [3.8, 4) is 11.5 Å². The van der Waals surface area contributed by atoms with Crippen LogP contribution in [0.3, 0.4) is 0 Å². The molecule has 3 rings (SSSR count). The van der Waals surface area contributed by atoms with Crippen molar-refractivity contribution in [2.24, 2.45) is 5.16 Å². The van der Waals surface area contributed by atoms with E-state index in [1.54, 1.807) is 12.1 Å². The maximum Gasteiger partial charge on any atom is 0.129 e. The first kappa shape index (κ1) is 16.1. The minimum atomic E-state index is 0.368. The van der Waals surface area contributed by atoms with E-state index in [0.29, 0.717) is 24.0 Å². The lowest BCUT2D eigenvalue weighted by Crippen LogP contribution is -2.10. The van der Waals surface area contributed by atoms with Gasteiger partial charge in [0.05, 0.1) is 6.21 Å². The van der Waals surface area contributed by atoms with Crippen LogP contribution in [-0.4, -0.2) is 24.6 Å². The Morgan fingerprint density at radius 3 is 2.46 bits per heavy atom. The van der Waals surface area contributed by atoms with Crippen molar-refractivity contribution in [3.63, 3.8) is 0 Å². The molecule has 4 nitrogen and oxygen atoms in total. The summed E-state index contributed by atoms with van der Waals surface area (Å²) in [6.45, 7) is 0.761. The van der Waals surface area contributed by atoms with E-state index in [-0.39, 0.29) is 0 Å². The van der Waals surface area contributed by atoms with Crippen LogP contribution >= 0.6 is 11.6 Å². The number of halogens is 1. The summed E-state index contributed by atoms with van der Waals surface area (Å²) < 4.78 is 11.4. The molecule has 0 atom stereocenters. The molecule has 24 heavy (non-hydrogen) atoms. The number of ether oxygens (including phenoxy) is 2. The molecule has 3 aromatic rings. The molecule has 0 unspecified atom stereocenters. The molecule has 0 aliphatic carbocycles. The minimum Gasteiger partial charge on any atom is -0.490 e. The normalized spacial score (nSPS) is 11.0. The van der Waals surface area contributed by atoms with Gasteiger partial charge >= 0.3 is 0 Å². The molecule has 0 heterocycles. The number of rotatable bonds is 6. The van der Waals surface area contributed by atoms with Crippen LogP contribution in [0.4, 0.5) is 0 Å². The Morgan fingerprint density at radius 2 is 1.67 bits per heavy atom. The van der Waals surface area contributed by atoms with Crippen molar-refractivity contribution in [1.29, 1.82) is 0 Å². The van der Waals surface area contributed by atoms with Crippen molar-refractivity contribution in [3.05, 3.63) is 71.2 Å². The number of oxime groups is 1. The highest BCUT2D eigenvalue weighted by Gasteiger charge is 2.07. The SMILES string of the molecule is ON=Cc1c(OCCOc2ccc(Cl)cc2)ccc2ccccc12. The summed E-state index contributed by atoms with van der Waals surface area (Å²) in [5.74, 6) is 1.38. The molecule has 0 fully saturated rings. The van der Waals surface area contributed by atoms with Gasteiger partial charge in [-0.1, -0.05) is 47.1 Å². The first-order valence-corrected chi connectivity index (χ1v) is 7.86. The van der Waals surface area contributed by atoms with Crippen molar-refractivity contribution in [2.45, 2.75) is 0 Å². The molecule has 0 aromatic heterocycles. The monoisotopic (exact) mass is 341 g/mol. The fraction of sp³-hybridized carbons (Fsp3) is 0.105. The number of nitrogens with zero attached hydrogens (tertiary/aromatic N) is 1. The number of hydrogen-bond donors (Lipinski definition) is 1. The van der Waals surface area contributed by atoms with E-state index in [4.69, 9.17) is 26.3 Å². The van der Waals surface area contributed by atoms with Gasteiger partial charge in [0, 0.05) is 10.6 Å². The Bertz CT molecular complexity index is 847. The summed E-state index contributed by atoms with van der Waals surface area (Å²) in [6, 6.07) is 18.9. The quantitative estimate of drug-likeness (QED) is 0.304. The average molecular weight is 342 g/mol. The largest absolute Gasteiger partial charge is 0.490 e. The van der Waals surface area contributed by atoms with Gasteiger partial charge in [0.2, 0.25) is 0 Å². The van der Waals surface area contributed by atoms with Crippen LogP contribution in [0.5, 0.6) is 11.5 Å². The summed E-state index contributed by atoms with van der Waals surface area (Å²) >= 11 is 5.83. The summed E-state index contributed by atoms with van der Waals surface area (Å²) in [4.78, 5) is 0. The molecular formula is C19H16ClNO3. The van der Waals surface area contributed by atoms with Crippen LogP contribution in [-0.2, 0) is 0 Å². The van der Waals surface area contributed by atoms with Crippen molar-refractivity contribution >= 4 is 28.6 Å². The molecule has 0 amide bonds. The van der Waals surface area contributed by atoms with Gasteiger partial charge in [-0.15, -0.1) is 0 Å². The predicted molar refractivity (Wildman–Crippen MR) is 95.8 cm³/mol. The van der Waals surface area contributed by atoms with Gasteiger partial charge in [0.15, 0.2) is 0 Å². The molecule has 0 radical (unpaired) electrons. The average Bonchev–Trinajstić information content (AvgIpc) is 2.62. The topological polar surface area (TPSA) is 51.1 Å². The molecular weight excluding hydrogens is 326 g/mol. The lowest BCUT2D eigenvalue weighted by Gasteiger charge is -2.12. The van der Waals surface area contributed by atoms with Crippen molar-refractivity contribution in [1.82, 2.24) is 0 Å². The molecule has 0 spiro atoms. The Hall–Kier alpha value is -2.72. The standard InChI is InChI=1S/C19H16ClNO3/c20-15-6-8-16(9-7-15)23-11-12-24-19-10-5-14-3-1-2-4-17(14)18(19)13-21-22/h1-10,13,22H,11-12H2. The molecule has 0 aliphatic rings. The van der Waals surface area contributed by atoms with Gasteiger partial charge in [-0.2, -0.15) is 0 Å². The Kier molecular flexibility index (Phi) is 5.18. The van der Waals surface area contributed by atoms with Crippen LogP contribution in [0, 0.1) is 0 Å². The third-order valence-corrected chi connectivity index (χ3v) is 3.79. The molecule has 0 bridgehead atoms. The first-order chi connectivity index (χ1) is 11.8. The number of benzene rings is 3. The van der Waals surface area contributed by atoms with Crippen LogP contribution in [0.25, 0.3) is 10.8 Å². The smallest absolute Gasteiger partial charge is 0.129 e. The van der Waals surface area contributed by atoms with E-state index in [9.17, 15) is 0 Å². The maximum atomic E-state index is 8.92. The van der Waals surface area contributed by atoms with Gasteiger partial charge in [-0.3, -0.25) is 0 Å². The van der Waals surface area contributed by atoms with E-state index in [1.807, 2.05) is 48.5 Å². The highest BCUT2D eigenvalue weighted by molar-refractivity contribution is 6.30. The summed E-state index contributed by atoms with van der Waals surface area (Å²) in [6.07, 6.45) is 1.39. The molecule has 122 valence electrons. The summed E-state index contributed by atoms with van der Waals surface area (Å²) in [7, 11) is 0. The van der Waals surface area contributed by atoms with Gasteiger partial charge in [0.1, 0.15) is 24.7 Å².